The van der Waals surface area contributed by atoms with E-state index in [2.05, 4.69) is 24.1 Å². The quantitative estimate of drug-likeness (QED) is 0.607. The van der Waals surface area contributed by atoms with E-state index < -0.39 is 0 Å². The van der Waals surface area contributed by atoms with Crippen LogP contribution in [-0.4, -0.2) is 74.7 Å². The zero-order chi connectivity index (χ0) is 14.6. The summed E-state index contributed by atoms with van der Waals surface area (Å²) in [5, 5.41) is 3.37. The second-order valence-electron chi connectivity index (χ2n) is 5.33. The van der Waals surface area contributed by atoms with Crippen LogP contribution < -0.4 is 5.32 Å². The summed E-state index contributed by atoms with van der Waals surface area (Å²) >= 11 is 0. The number of rotatable bonds is 10. The molecule has 5 nitrogen and oxygen atoms in total. The Balaban J connectivity index is 2.05. The van der Waals surface area contributed by atoms with Crippen molar-refractivity contribution >= 4 is 5.91 Å². The molecule has 0 bridgehead atoms. The number of nitrogens with zero attached hydrogens (tertiary/aromatic N) is 2. The van der Waals surface area contributed by atoms with Crippen LogP contribution in [0.4, 0.5) is 0 Å². The first-order valence-corrected chi connectivity index (χ1v) is 8.06. The summed E-state index contributed by atoms with van der Waals surface area (Å²) in [6.07, 6.45) is 2.69. The van der Waals surface area contributed by atoms with Gasteiger partial charge in [0.1, 0.15) is 0 Å². The molecule has 1 N–H and O–H groups in total. The van der Waals surface area contributed by atoms with Gasteiger partial charge in [0.2, 0.25) is 5.91 Å². The molecule has 1 aliphatic rings. The van der Waals surface area contributed by atoms with Crippen LogP contribution in [0, 0.1) is 0 Å². The predicted octanol–water partition coefficient (Wildman–Crippen LogP) is 0.947. The summed E-state index contributed by atoms with van der Waals surface area (Å²) in [5.41, 5.74) is 0. The van der Waals surface area contributed by atoms with Crippen LogP contribution in [0.1, 0.15) is 33.1 Å². The second-order valence-corrected chi connectivity index (χ2v) is 5.33. The van der Waals surface area contributed by atoms with E-state index in [0.29, 0.717) is 6.42 Å². The lowest BCUT2D eigenvalue weighted by Gasteiger charge is -2.26. The second kappa shape index (κ2) is 11.1. The largest absolute Gasteiger partial charge is 0.379 e. The van der Waals surface area contributed by atoms with Crippen LogP contribution >= 0.6 is 0 Å². The third-order valence-corrected chi connectivity index (χ3v) is 3.56. The molecule has 1 aliphatic heterocycles. The Bertz CT molecular complexity index is 250. The third-order valence-electron chi connectivity index (χ3n) is 3.56. The number of hydrogen-bond acceptors (Lipinski definition) is 4. The molecule has 1 heterocycles. The minimum absolute atomic E-state index is 0.285. The molecule has 0 aliphatic carbocycles. The Morgan fingerprint density at radius 3 is 2.40 bits per heavy atom. The van der Waals surface area contributed by atoms with Crippen molar-refractivity contribution in [2.24, 2.45) is 0 Å². The molecule has 118 valence electrons. The first-order valence-electron chi connectivity index (χ1n) is 8.06. The van der Waals surface area contributed by atoms with Gasteiger partial charge in [-0.25, -0.2) is 0 Å². The molecule has 0 radical (unpaired) electrons. The molecule has 0 saturated carbocycles. The third kappa shape index (κ3) is 7.22. The van der Waals surface area contributed by atoms with Crippen LogP contribution in [0.25, 0.3) is 0 Å². The van der Waals surface area contributed by atoms with Crippen molar-refractivity contribution in [3.05, 3.63) is 0 Å². The van der Waals surface area contributed by atoms with Crippen LogP contribution in [0.2, 0.25) is 0 Å². The average Bonchev–Trinajstić information content (AvgIpc) is 2.47. The fraction of sp³-hybridized carbons (Fsp3) is 0.933. The first-order chi connectivity index (χ1) is 9.77. The van der Waals surface area contributed by atoms with Gasteiger partial charge in [0.25, 0.3) is 0 Å². The molecular formula is C15H31N3O2. The van der Waals surface area contributed by atoms with Gasteiger partial charge in [-0.2, -0.15) is 0 Å². The van der Waals surface area contributed by atoms with Crippen LogP contribution in [0.5, 0.6) is 0 Å². The van der Waals surface area contributed by atoms with Crippen LogP contribution in [0.15, 0.2) is 0 Å². The highest BCUT2D eigenvalue weighted by atomic mass is 16.5. The van der Waals surface area contributed by atoms with Gasteiger partial charge in [-0.3, -0.25) is 9.69 Å². The van der Waals surface area contributed by atoms with Crippen molar-refractivity contribution < 1.29 is 9.53 Å². The molecule has 5 heteroatoms. The van der Waals surface area contributed by atoms with E-state index in [4.69, 9.17) is 4.74 Å². The van der Waals surface area contributed by atoms with Crippen molar-refractivity contribution in [2.75, 3.05) is 59.0 Å². The number of nitrogens with one attached hydrogen (secondary N) is 1. The van der Waals surface area contributed by atoms with E-state index in [-0.39, 0.29) is 5.91 Å². The van der Waals surface area contributed by atoms with Gasteiger partial charge in [-0.05, 0) is 12.8 Å². The number of carbonyl (C=O) groups is 1. The monoisotopic (exact) mass is 285 g/mol. The molecule has 0 aromatic heterocycles. The van der Waals surface area contributed by atoms with E-state index in [9.17, 15) is 4.79 Å². The topological polar surface area (TPSA) is 44.8 Å². The number of amides is 1. The highest BCUT2D eigenvalue weighted by molar-refractivity contribution is 5.76. The van der Waals surface area contributed by atoms with Gasteiger partial charge in [0.05, 0.1) is 13.2 Å². The highest BCUT2D eigenvalue weighted by Crippen LogP contribution is 1.98. The van der Waals surface area contributed by atoms with Gasteiger partial charge in [0, 0.05) is 52.2 Å². The fourth-order valence-electron chi connectivity index (χ4n) is 2.44. The lowest BCUT2D eigenvalue weighted by atomic mass is 10.3. The van der Waals surface area contributed by atoms with E-state index >= 15 is 0 Å². The van der Waals surface area contributed by atoms with Crippen molar-refractivity contribution in [2.45, 2.75) is 33.1 Å². The maximum absolute atomic E-state index is 12.0. The van der Waals surface area contributed by atoms with Gasteiger partial charge in [-0.15, -0.1) is 0 Å². The summed E-state index contributed by atoms with van der Waals surface area (Å²) in [6.45, 7) is 12.6. The first kappa shape index (κ1) is 17.4. The fourth-order valence-corrected chi connectivity index (χ4v) is 2.44. The minimum Gasteiger partial charge on any atom is -0.379 e. The smallest absolute Gasteiger partial charge is 0.223 e. The van der Waals surface area contributed by atoms with Crippen LogP contribution in [0.3, 0.4) is 0 Å². The molecule has 1 saturated heterocycles. The Hall–Kier alpha value is -0.650. The van der Waals surface area contributed by atoms with Gasteiger partial charge in [0.15, 0.2) is 0 Å². The molecule has 1 amide bonds. The van der Waals surface area contributed by atoms with Gasteiger partial charge < -0.3 is 15.0 Å². The molecular weight excluding hydrogens is 254 g/mol. The molecule has 20 heavy (non-hydrogen) atoms. The molecule has 0 aromatic carbocycles. The van der Waals surface area contributed by atoms with Gasteiger partial charge in [-0.1, -0.05) is 13.8 Å². The lowest BCUT2D eigenvalue weighted by molar-refractivity contribution is -0.131. The number of hydrogen-bond donors (Lipinski definition) is 1. The lowest BCUT2D eigenvalue weighted by Crippen LogP contribution is -2.41. The van der Waals surface area contributed by atoms with Crippen molar-refractivity contribution in [1.82, 2.24) is 15.1 Å². The summed E-state index contributed by atoms with van der Waals surface area (Å²) in [5.74, 6) is 0.285. The van der Waals surface area contributed by atoms with E-state index in [1.54, 1.807) is 0 Å². The Morgan fingerprint density at radius 2 is 1.80 bits per heavy atom. The molecule has 0 aromatic rings. The predicted molar refractivity (Wildman–Crippen MR) is 81.9 cm³/mol. The van der Waals surface area contributed by atoms with Gasteiger partial charge >= 0.3 is 0 Å². The van der Waals surface area contributed by atoms with Crippen molar-refractivity contribution in [3.63, 3.8) is 0 Å². The standard InChI is InChI=1S/C15H31N3O2/c1-3-8-18(9-4-2)15(19)5-6-16-7-10-17-11-13-20-14-12-17/h16H,3-14H2,1-2H3. The molecule has 0 atom stereocenters. The van der Waals surface area contributed by atoms with E-state index in [1.165, 1.54) is 0 Å². The zero-order valence-electron chi connectivity index (χ0n) is 13.2. The number of morpholine rings is 1. The summed E-state index contributed by atoms with van der Waals surface area (Å²) in [6, 6.07) is 0. The SMILES string of the molecule is CCCN(CCC)C(=O)CCNCCN1CCOCC1. The Kier molecular flexibility index (Phi) is 9.62. The van der Waals surface area contributed by atoms with Crippen molar-refractivity contribution in [1.29, 1.82) is 0 Å². The Labute approximate surface area is 123 Å². The maximum atomic E-state index is 12.0. The highest BCUT2D eigenvalue weighted by Gasteiger charge is 2.11. The summed E-state index contributed by atoms with van der Waals surface area (Å²) in [4.78, 5) is 16.4. The normalized spacial score (nSPS) is 16.3. The molecule has 1 fully saturated rings. The average molecular weight is 285 g/mol. The Morgan fingerprint density at radius 1 is 1.15 bits per heavy atom. The minimum atomic E-state index is 0.285. The van der Waals surface area contributed by atoms with Crippen molar-refractivity contribution in [3.8, 4) is 0 Å². The molecule has 0 spiro atoms. The number of ether oxygens (including phenoxy) is 1. The zero-order valence-corrected chi connectivity index (χ0v) is 13.2. The number of carbonyl (C=O) groups excluding carboxylic acids is 1. The van der Waals surface area contributed by atoms with E-state index in [1.807, 2.05) is 4.90 Å². The van der Waals surface area contributed by atoms with Crippen LogP contribution in [-0.2, 0) is 9.53 Å². The van der Waals surface area contributed by atoms with E-state index in [0.717, 1.165) is 71.9 Å². The maximum Gasteiger partial charge on any atom is 0.223 e. The molecule has 1 rings (SSSR count). The molecule has 0 unspecified atom stereocenters. The summed E-state index contributed by atoms with van der Waals surface area (Å²) < 4.78 is 5.32. The summed E-state index contributed by atoms with van der Waals surface area (Å²) in [7, 11) is 0.